The van der Waals surface area contributed by atoms with Crippen molar-refractivity contribution in [1.82, 2.24) is 15.1 Å². The average Bonchev–Trinajstić information content (AvgIpc) is 2.42. The monoisotopic (exact) mass is 254 g/mol. The first kappa shape index (κ1) is 13.6. The second-order valence-corrected chi connectivity index (χ2v) is 5.40. The van der Waals surface area contributed by atoms with Gasteiger partial charge in [0.15, 0.2) is 0 Å². The molecular weight excluding hydrogens is 228 g/mol. The van der Waals surface area contributed by atoms with Crippen molar-refractivity contribution in [3.8, 4) is 0 Å². The van der Waals surface area contributed by atoms with E-state index in [4.69, 9.17) is 5.73 Å². The molecule has 5 heteroatoms. The quantitative estimate of drug-likeness (QED) is 0.775. The fraction of sp³-hybridized carbons (Fsp3) is 0.923. The molecule has 0 unspecified atom stereocenters. The number of carbonyl (C=O) groups is 1. The molecule has 5 nitrogen and oxygen atoms in total. The number of hydrogen-bond donors (Lipinski definition) is 2. The summed E-state index contributed by atoms with van der Waals surface area (Å²) in [6.07, 6.45) is 5.69. The maximum absolute atomic E-state index is 12.1. The zero-order valence-electron chi connectivity index (χ0n) is 11.2. The van der Waals surface area contributed by atoms with Gasteiger partial charge in [-0.05, 0) is 32.1 Å². The van der Waals surface area contributed by atoms with E-state index in [2.05, 4.69) is 10.2 Å². The third kappa shape index (κ3) is 3.85. The van der Waals surface area contributed by atoms with Crippen molar-refractivity contribution in [2.45, 2.75) is 38.1 Å². The largest absolute Gasteiger partial charge is 0.335 e. The lowest BCUT2D eigenvalue weighted by Gasteiger charge is -2.34. The van der Waals surface area contributed by atoms with Crippen molar-refractivity contribution < 1.29 is 4.79 Å². The second kappa shape index (κ2) is 6.95. The number of carbonyl (C=O) groups excluding carboxylic acids is 1. The van der Waals surface area contributed by atoms with E-state index in [1.165, 1.54) is 6.42 Å². The predicted molar refractivity (Wildman–Crippen MR) is 72.5 cm³/mol. The van der Waals surface area contributed by atoms with Crippen molar-refractivity contribution in [3.63, 3.8) is 0 Å². The highest BCUT2D eigenvalue weighted by atomic mass is 16.2. The first-order chi connectivity index (χ1) is 8.79. The van der Waals surface area contributed by atoms with Crippen molar-refractivity contribution in [2.24, 2.45) is 5.73 Å². The van der Waals surface area contributed by atoms with Crippen LogP contribution in [0.2, 0.25) is 0 Å². The average molecular weight is 254 g/mol. The Morgan fingerprint density at radius 3 is 2.39 bits per heavy atom. The number of nitrogens with two attached hydrogens (primary N) is 1. The topological polar surface area (TPSA) is 61.6 Å². The van der Waals surface area contributed by atoms with Gasteiger partial charge in [0.1, 0.15) is 0 Å². The molecule has 2 aliphatic rings. The molecule has 0 aromatic rings. The molecule has 0 aromatic carbocycles. The van der Waals surface area contributed by atoms with Crippen molar-refractivity contribution in [2.75, 3.05) is 39.3 Å². The van der Waals surface area contributed by atoms with Gasteiger partial charge >= 0.3 is 6.03 Å². The number of nitrogens with one attached hydrogen (secondary N) is 1. The van der Waals surface area contributed by atoms with E-state index in [0.717, 1.165) is 65.0 Å². The molecule has 0 spiro atoms. The Bertz CT molecular complexity index is 258. The number of rotatable bonds is 3. The number of piperidine rings is 2. The van der Waals surface area contributed by atoms with Crippen molar-refractivity contribution in [3.05, 3.63) is 0 Å². The third-order valence-electron chi connectivity index (χ3n) is 4.00. The molecule has 0 bridgehead atoms. The van der Waals surface area contributed by atoms with E-state index in [9.17, 15) is 4.79 Å². The van der Waals surface area contributed by atoms with Crippen LogP contribution in [0.15, 0.2) is 0 Å². The van der Waals surface area contributed by atoms with Crippen LogP contribution in [0, 0.1) is 0 Å². The normalized spacial score (nSPS) is 23.1. The van der Waals surface area contributed by atoms with Gasteiger partial charge in [-0.25, -0.2) is 4.79 Å². The van der Waals surface area contributed by atoms with Gasteiger partial charge in [0, 0.05) is 45.3 Å². The molecule has 0 saturated carbocycles. The van der Waals surface area contributed by atoms with Crippen LogP contribution in [0.3, 0.4) is 0 Å². The molecule has 2 saturated heterocycles. The van der Waals surface area contributed by atoms with E-state index in [1.54, 1.807) is 0 Å². The lowest BCUT2D eigenvalue weighted by molar-refractivity contribution is 0.166. The van der Waals surface area contributed by atoms with E-state index in [0.29, 0.717) is 6.04 Å². The number of urea groups is 1. The summed E-state index contributed by atoms with van der Waals surface area (Å²) in [4.78, 5) is 16.4. The molecule has 2 rings (SSSR count). The molecule has 3 N–H and O–H groups in total. The Kier molecular flexibility index (Phi) is 5.26. The maximum atomic E-state index is 12.1. The van der Waals surface area contributed by atoms with Crippen LogP contribution < -0.4 is 11.1 Å². The zero-order valence-corrected chi connectivity index (χ0v) is 11.2. The van der Waals surface area contributed by atoms with Crippen LogP contribution in [-0.4, -0.2) is 61.1 Å². The molecule has 18 heavy (non-hydrogen) atoms. The van der Waals surface area contributed by atoms with Gasteiger partial charge in [-0.2, -0.15) is 0 Å². The van der Waals surface area contributed by atoms with Gasteiger partial charge < -0.3 is 20.9 Å². The van der Waals surface area contributed by atoms with Gasteiger partial charge in [0.25, 0.3) is 0 Å². The highest BCUT2D eigenvalue weighted by molar-refractivity contribution is 5.74. The van der Waals surface area contributed by atoms with Crippen LogP contribution >= 0.6 is 0 Å². The lowest BCUT2D eigenvalue weighted by atomic mass is 10.1. The minimum Gasteiger partial charge on any atom is -0.335 e. The molecule has 0 atom stereocenters. The Balaban J connectivity index is 1.68. The van der Waals surface area contributed by atoms with E-state index >= 15 is 0 Å². The van der Waals surface area contributed by atoms with Crippen LogP contribution in [0.1, 0.15) is 32.1 Å². The summed E-state index contributed by atoms with van der Waals surface area (Å²) in [5.74, 6) is 0. The van der Waals surface area contributed by atoms with Crippen LogP contribution in [0.5, 0.6) is 0 Å². The molecule has 0 aliphatic carbocycles. The molecule has 104 valence electrons. The van der Waals surface area contributed by atoms with E-state index < -0.39 is 0 Å². The van der Waals surface area contributed by atoms with E-state index in [-0.39, 0.29) is 6.03 Å². The smallest absolute Gasteiger partial charge is 0.317 e. The highest BCUT2D eigenvalue weighted by Crippen LogP contribution is 2.12. The lowest BCUT2D eigenvalue weighted by Crippen LogP contribution is -2.50. The molecule has 2 amide bonds. The first-order valence-electron chi connectivity index (χ1n) is 7.27. The summed E-state index contributed by atoms with van der Waals surface area (Å²) in [7, 11) is 0. The number of likely N-dealkylation sites (tertiary alicyclic amines) is 2. The second-order valence-electron chi connectivity index (χ2n) is 5.40. The third-order valence-corrected chi connectivity index (χ3v) is 4.00. The summed E-state index contributed by atoms with van der Waals surface area (Å²) in [6, 6.07) is 0.500. The summed E-state index contributed by atoms with van der Waals surface area (Å²) >= 11 is 0. The minimum absolute atomic E-state index is 0.145. The molecule has 0 radical (unpaired) electrons. The Hall–Kier alpha value is -0.810. The fourth-order valence-corrected chi connectivity index (χ4v) is 2.85. The minimum atomic E-state index is 0.145. The van der Waals surface area contributed by atoms with E-state index in [1.807, 2.05) is 4.90 Å². The fourth-order valence-electron chi connectivity index (χ4n) is 2.85. The first-order valence-corrected chi connectivity index (χ1v) is 7.27. The van der Waals surface area contributed by atoms with Gasteiger partial charge in [-0.3, -0.25) is 0 Å². The maximum Gasteiger partial charge on any atom is 0.317 e. The van der Waals surface area contributed by atoms with Gasteiger partial charge in [0.05, 0.1) is 0 Å². The molecule has 2 aliphatic heterocycles. The van der Waals surface area contributed by atoms with Gasteiger partial charge in [-0.15, -0.1) is 0 Å². The number of amides is 2. The summed E-state index contributed by atoms with van der Waals surface area (Å²) in [5.41, 5.74) is 5.55. The zero-order chi connectivity index (χ0) is 12.8. The SMILES string of the molecule is NCCN1CCC(NC(=O)N2CCCCC2)CC1. The Morgan fingerprint density at radius 1 is 1.11 bits per heavy atom. The number of nitrogens with zero attached hydrogens (tertiary/aromatic N) is 2. The predicted octanol–water partition coefficient (Wildman–Crippen LogP) is 0.605. The molecular formula is C13H26N4O. The molecule has 2 fully saturated rings. The van der Waals surface area contributed by atoms with Crippen molar-refractivity contribution >= 4 is 6.03 Å². The summed E-state index contributed by atoms with van der Waals surface area (Å²) in [6.45, 7) is 5.68. The van der Waals surface area contributed by atoms with Gasteiger partial charge in [-0.1, -0.05) is 0 Å². The van der Waals surface area contributed by atoms with Gasteiger partial charge in [0.2, 0.25) is 0 Å². The highest BCUT2D eigenvalue weighted by Gasteiger charge is 2.23. The van der Waals surface area contributed by atoms with Crippen LogP contribution in [0.25, 0.3) is 0 Å². The van der Waals surface area contributed by atoms with Crippen molar-refractivity contribution in [1.29, 1.82) is 0 Å². The molecule has 2 heterocycles. The summed E-state index contributed by atoms with van der Waals surface area (Å²) < 4.78 is 0. The Labute approximate surface area is 110 Å². The summed E-state index contributed by atoms with van der Waals surface area (Å²) in [5, 5.41) is 3.18. The molecule has 0 aromatic heterocycles. The number of hydrogen-bond acceptors (Lipinski definition) is 3. The van der Waals surface area contributed by atoms with Crippen LogP contribution in [-0.2, 0) is 0 Å². The Morgan fingerprint density at radius 2 is 1.78 bits per heavy atom. The standard InChI is InChI=1S/C13H26N4O/c14-6-11-16-9-4-12(5-10-16)15-13(18)17-7-2-1-3-8-17/h12H,1-11,14H2,(H,15,18). The van der Waals surface area contributed by atoms with Crippen LogP contribution in [0.4, 0.5) is 4.79 Å².